The van der Waals surface area contributed by atoms with Crippen LogP contribution in [0.1, 0.15) is 49.5 Å². The molecule has 3 N–H and O–H groups in total. The van der Waals surface area contributed by atoms with Crippen LogP contribution in [0.2, 0.25) is 0 Å². The lowest BCUT2D eigenvalue weighted by Gasteiger charge is -2.23. The van der Waals surface area contributed by atoms with Gasteiger partial charge in [0.1, 0.15) is 5.82 Å². The summed E-state index contributed by atoms with van der Waals surface area (Å²) in [6, 6.07) is 11.4. The molecule has 3 aromatic rings. The van der Waals surface area contributed by atoms with Gasteiger partial charge < -0.3 is 15.6 Å². The fourth-order valence-corrected chi connectivity index (χ4v) is 3.38. The second-order valence-electron chi connectivity index (χ2n) is 8.15. The Morgan fingerprint density at radius 3 is 2.50 bits per heavy atom. The van der Waals surface area contributed by atoms with Gasteiger partial charge in [0.05, 0.1) is 22.6 Å². The smallest absolute Gasteiger partial charge is 0.261 e. The molecule has 0 fully saturated rings. The van der Waals surface area contributed by atoms with Gasteiger partial charge in [-0.15, -0.1) is 0 Å². The summed E-state index contributed by atoms with van der Waals surface area (Å²) in [5.41, 5.74) is 8.62. The molecular formula is C23H29N5O2. The molecule has 30 heavy (non-hydrogen) atoms. The van der Waals surface area contributed by atoms with E-state index in [9.17, 15) is 9.59 Å². The van der Waals surface area contributed by atoms with Gasteiger partial charge in [0.15, 0.2) is 5.78 Å². The maximum Gasteiger partial charge on any atom is 0.261 e. The first-order valence-corrected chi connectivity index (χ1v) is 10.1. The summed E-state index contributed by atoms with van der Waals surface area (Å²) in [5, 5.41) is 8.16. The summed E-state index contributed by atoms with van der Waals surface area (Å²) in [7, 11) is 1.65. The van der Waals surface area contributed by atoms with E-state index in [2.05, 4.69) is 5.32 Å². The van der Waals surface area contributed by atoms with Gasteiger partial charge in [-0.25, -0.2) is 4.68 Å². The van der Waals surface area contributed by atoms with E-state index < -0.39 is 5.66 Å². The van der Waals surface area contributed by atoms with Gasteiger partial charge in [-0.1, -0.05) is 25.1 Å². The van der Waals surface area contributed by atoms with Crippen LogP contribution in [0, 0.1) is 6.92 Å². The number of hydrogen-bond donors (Lipinski definition) is 2. The first kappa shape index (κ1) is 21.5. The number of nitrogens with zero attached hydrogens (tertiary/aromatic N) is 3. The van der Waals surface area contributed by atoms with E-state index >= 15 is 0 Å². The minimum atomic E-state index is -0.666. The van der Waals surface area contributed by atoms with E-state index in [1.165, 1.54) is 4.57 Å². The van der Waals surface area contributed by atoms with Gasteiger partial charge in [-0.05, 0) is 45.4 Å². The SMILES string of the molecule is CCCC(=O)c1cc(-c2nn(-c3ccccc3)c(NC(C)(C)N)c2C)cn(C)c1=O. The summed E-state index contributed by atoms with van der Waals surface area (Å²) in [4.78, 5) is 25.0. The molecular weight excluding hydrogens is 378 g/mol. The molecule has 2 aromatic heterocycles. The molecule has 0 aliphatic heterocycles. The first-order valence-electron chi connectivity index (χ1n) is 10.1. The molecule has 0 radical (unpaired) electrons. The average molecular weight is 408 g/mol. The summed E-state index contributed by atoms with van der Waals surface area (Å²) in [6.45, 7) is 7.63. The molecule has 1 aromatic carbocycles. The van der Waals surface area contributed by atoms with Crippen molar-refractivity contribution in [3.63, 3.8) is 0 Å². The summed E-state index contributed by atoms with van der Waals surface area (Å²) < 4.78 is 3.25. The molecule has 158 valence electrons. The summed E-state index contributed by atoms with van der Waals surface area (Å²) in [6.07, 6.45) is 2.74. The Balaban J connectivity index is 2.22. The maximum atomic E-state index is 12.5. The third-order valence-electron chi connectivity index (χ3n) is 4.80. The fourth-order valence-electron chi connectivity index (χ4n) is 3.38. The van der Waals surface area contributed by atoms with Crippen molar-refractivity contribution in [1.29, 1.82) is 0 Å². The Morgan fingerprint density at radius 1 is 1.23 bits per heavy atom. The van der Waals surface area contributed by atoms with Crippen molar-refractivity contribution in [3.05, 3.63) is 64.1 Å². The van der Waals surface area contributed by atoms with Crippen molar-refractivity contribution in [2.75, 3.05) is 5.32 Å². The number of nitrogens with one attached hydrogen (secondary N) is 1. The quantitative estimate of drug-likeness (QED) is 0.461. The molecule has 0 atom stereocenters. The lowest BCUT2D eigenvalue weighted by atomic mass is 10.0. The molecule has 0 saturated carbocycles. The van der Waals surface area contributed by atoms with Crippen LogP contribution in [0.3, 0.4) is 0 Å². The Hall–Kier alpha value is -3.19. The molecule has 0 spiro atoms. The van der Waals surface area contributed by atoms with Crippen LogP contribution in [0.4, 0.5) is 5.82 Å². The lowest BCUT2D eigenvalue weighted by Crippen LogP contribution is -2.41. The highest BCUT2D eigenvalue weighted by Crippen LogP contribution is 2.31. The van der Waals surface area contributed by atoms with Crippen LogP contribution in [-0.4, -0.2) is 25.8 Å². The number of hydrogen-bond acceptors (Lipinski definition) is 5. The number of anilines is 1. The topological polar surface area (TPSA) is 94.9 Å². The van der Waals surface area contributed by atoms with Crippen molar-refractivity contribution in [2.45, 2.75) is 46.2 Å². The number of ketones is 1. The number of aryl methyl sites for hydroxylation is 1. The number of nitrogens with two attached hydrogens (primary N) is 1. The fraction of sp³-hybridized carbons (Fsp3) is 0.348. The third kappa shape index (κ3) is 4.36. The largest absolute Gasteiger partial charge is 0.352 e. The summed E-state index contributed by atoms with van der Waals surface area (Å²) >= 11 is 0. The normalized spacial score (nSPS) is 11.5. The molecule has 0 aliphatic rings. The number of carbonyl (C=O) groups is 1. The summed E-state index contributed by atoms with van der Waals surface area (Å²) in [5.74, 6) is 0.612. The van der Waals surface area contributed by atoms with E-state index in [-0.39, 0.29) is 16.9 Å². The zero-order chi connectivity index (χ0) is 22.1. The van der Waals surface area contributed by atoms with E-state index in [0.29, 0.717) is 24.1 Å². The van der Waals surface area contributed by atoms with Gasteiger partial charge in [0.25, 0.3) is 5.56 Å². The Kier molecular flexibility index (Phi) is 5.94. The van der Waals surface area contributed by atoms with Crippen molar-refractivity contribution in [1.82, 2.24) is 14.3 Å². The Bertz CT molecular complexity index is 1120. The van der Waals surface area contributed by atoms with Crippen LogP contribution >= 0.6 is 0 Å². The van der Waals surface area contributed by atoms with E-state index in [1.807, 2.05) is 58.0 Å². The van der Waals surface area contributed by atoms with Crippen molar-refractivity contribution in [2.24, 2.45) is 12.8 Å². The Morgan fingerprint density at radius 2 is 1.90 bits per heavy atom. The second kappa shape index (κ2) is 8.28. The molecule has 2 heterocycles. The number of para-hydroxylation sites is 1. The monoisotopic (exact) mass is 407 g/mol. The molecule has 7 nitrogen and oxygen atoms in total. The molecule has 3 rings (SSSR count). The number of aromatic nitrogens is 3. The number of pyridine rings is 1. The van der Waals surface area contributed by atoms with Crippen LogP contribution in [0.5, 0.6) is 0 Å². The minimum absolute atomic E-state index is 0.151. The van der Waals surface area contributed by atoms with Crippen molar-refractivity contribution >= 4 is 11.6 Å². The third-order valence-corrected chi connectivity index (χ3v) is 4.80. The van der Waals surface area contributed by atoms with E-state index in [1.54, 1.807) is 24.0 Å². The maximum absolute atomic E-state index is 12.5. The highest BCUT2D eigenvalue weighted by Gasteiger charge is 2.23. The van der Waals surface area contributed by atoms with Gasteiger partial charge in [-0.3, -0.25) is 9.59 Å². The Labute approximate surface area is 176 Å². The van der Waals surface area contributed by atoms with Crippen LogP contribution < -0.4 is 16.6 Å². The second-order valence-corrected chi connectivity index (χ2v) is 8.15. The zero-order valence-electron chi connectivity index (χ0n) is 18.2. The van der Waals surface area contributed by atoms with Crippen LogP contribution in [0.25, 0.3) is 16.9 Å². The molecule has 0 bridgehead atoms. The number of carbonyl (C=O) groups excluding carboxylic acids is 1. The number of benzene rings is 1. The van der Waals surface area contributed by atoms with Gasteiger partial charge in [0, 0.05) is 30.8 Å². The molecule has 7 heteroatoms. The standard InChI is InChI=1S/C23H29N5O2/c1-6-10-19(29)18-13-16(14-27(5)22(18)30)20-15(2)21(25-23(3,4)24)28(26-20)17-11-8-7-9-12-17/h7-9,11-14,25H,6,10,24H2,1-5H3. The molecule has 0 saturated heterocycles. The van der Waals surface area contributed by atoms with Gasteiger partial charge in [0.2, 0.25) is 0 Å². The predicted octanol–water partition coefficient (Wildman–Crippen LogP) is 3.64. The highest BCUT2D eigenvalue weighted by atomic mass is 16.1. The lowest BCUT2D eigenvalue weighted by molar-refractivity contribution is 0.0980. The van der Waals surface area contributed by atoms with Gasteiger partial charge >= 0.3 is 0 Å². The molecule has 0 aliphatic carbocycles. The van der Waals surface area contributed by atoms with Crippen molar-refractivity contribution < 1.29 is 4.79 Å². The van der Waals surface area contributed by atoms with E-state index in [0.717, 1.165) is 17.1 Å². The molecule has 0 amide bonds. The number of rotatable bonds is 7. The number of Topliss-reactive ketones (excluding diaryl/α,β-unsaturated/α-hetero) is 1. The first-order chi connectivity index (χ1) is 14.1. The zero-order valence-corrected chi connectivity index (χ0v) is 18.2. The van der Waals surface area contributed by atoms with E-state index in [4.69, 9.17) is 10.8 Å². The van der Waals surface area contributed by atoms with Crippen molar-refractivity contribution in [3.8, 4) is 16.9 Å². The van der Waals surface area contributed by atoms with Crippen LogP contribution in [-0.2, 0) is 7.05 Å². The molecule has 0 unspecified atom stereocenters. The predicted molar refractivity (Wildman–Crippen MR) is 120 cm³/mol. The highest BCUT2D eigenvalue weighted by molar-refractivity contribution is 5.96. The average Bonchev–Trinajstić information content (AvgIpc) is 2.99. The van der Waals surface area contributed by atoms with Gasteiger partial charge in [-0.2, -0.15) is 5.10 Å². The van der Waals surface area contributed by atoms with Crippen LogP contribution in [0.15, 0.2) is 47.4 Å². The minimum Gasteiger partial charge on any atom is -0.352 e.